The highest BCUT2D eigenvalue weighted by molar-refractivity contribution is 7.89. The third kappa shape index (κ3) is 6.08. The number of aromatic nitrogens is 2. The summed E-state index contributed by atoms with van der Waals surface area (Å²) in [6, 6.07) is 16.7. The quantitative estimate of drug-likeness (QED) is 0.176. The summed E-state index contributed by atoms with van der Waals surface area (Å²) in [5.74, 6) is -0.203. The molecule has 0 aliphatic carbocycles. The molecule has 0 fully saturated rings. The Kier molecular flexibility index (Phi) is 7.18. The molecule has 0 saturated carbocycles. The van der Waals surface area contributed by atoms with Gasteiger partial charge in [-0.15, -0.1) is 0 Å². The van der Waals surface area contributed by atoms with E-state index >= 15 is 0 Å². The highest BCUT2D eigenvalue weighted by Gasteiger charge is 2.17. The predicted molar refractivity (Wildman–Crippen MR) is 131 cm³/mol. The normalized spacial score (nSPS) is 11.4. The number of rotatable bonds is 10. The lowest BCUT2D eigenvalue weighted by molar-refractivity contribution is -0.385. The Morgan fingerprint density at radius 2 is 1.83 bits per heavy atom. The first-order chi connectivity index (χ1) is 16.8. The molecule has 0 atom stereocenters. The van der Waals surface area contributed by atoms with E-state index < -0.39 is 14.9 Å². The number of aromatic amines is 1. The smallest absolute Gasteiger partial charge is 0.270 e. The molecule has 2 heterocycles. The number of hydrogen-bond acceptors (Lipinski definition) is 6. The average molecular weight is 494 g/mol. The topological polar surface area (TPSA) is 147 Å². The first-order valence-electron chi connectivity index (χ1n) is 10.8. The molecule has 180 valence electrons. The van der Waals surface area contributed by atoms with E-state index in [1.54, 1.807) is 0 Å². The van der Waals surface area contributed by atoms with Gasteiger partial charge in [0.25, 0.3) is 5.69 Å². The molecule has 35 heavy (non-hydrogen) atoms. The maximum absolute atomic E-state index is 12.3. The van der Waals surface area contributed by atoms with Crippen LogP contribution in [0.15, 0.2) is 78.0 Å². The lowest BCUT2D eigenvalue weighted by Crippen LogP contribution is -2.34. The Bertz CT molecular complexity index is 1470. The zero-order valence-corrected chi connectivity index (χ0v) is 19.4. The monoisotopic (exact) mass is 493 g/mol. The van der Waals surface area contributed by atoms with Crippen LogP contribution in [0, 0.1) is 10.1 Å². The number of hydrogen-bond donors (Lipinski definition) is 3. The fourth-order valence-corrected chi connectivity index (χ4v) is 4.61. The fourth-order valence-electron chi connectivity index (χ4n) is 3.54. The number of carbonyl (C=O) groups excluding carboxylic acids is 1. The van der Waals surface area contributed by atoms with Gasteiger partial charge >= 0.3 is 0 Å². The number of H-pyrrole nitrogens is 1. The van der Waals surface area contributed by atoms with Gasteiger partial charge in [0.1, 0.15) is 5.65 Å². The summed E-state index contributed by atoms with van der Waals surface area (Å²) in [7, 11) is -3.92. The van der Waals surface area contributed by atoms with E-state index in [1.165, 1.54) is 18.2 Å². The van der Waals surface area contributed by atoms with Crippen molar-refractivity contribution in [1.29, 1.82) is 0 Å². The van der Waals surface area contributed by atoms with Crippen molar-refractivity contribution in [3.63, 3.8) is 0 Å². The van der Waals surface area contributed by atoms with Gasteiger partial charge in [-0.25, -0.2) is 18.1 Å². The van der Waals surface area contributed by atoms with E-state index in [4.69, 9.17) is 0 Å². The second-order valence-corrected chi connectivity index (χ2v) is 9.61. The Balaban J connectivity index is 1.22. The summed E-state index contributed by atoms with van der Waals surface area (Å²) < 4.78 is 26.9. The van der Waals surface area contributed by atoms with Crippen molar-refractivity contribution in [3.05, 3.63) is 88.7 Å². The van der Waals surface area contributed by atoms with Crippen molar-refractivity contribution in [1.82, 2.24) is 20.0 Å². The molecule has 0 saturated heterocycles. The van der Waals surface area contributed by atoms with Crippen LogP contribution < -0.4 is 10.0 Å². The summed E-state index contributed by atoms with van der Waals surface area (Å²) in [4.78, 5) is 29.6. The lowest BCUT2D eigenvalue weighted by Gasteiger charge is -2.08. The van der Waals surface area contributed by atoms with Crippen molar-refractivity contribution >= 4 is 32.7 Å². The van der Waals surface area contributed by atoms with Crippen LogP contribution in [0.2, 0.25) is 0 Å². The molecule has 3 N–H and O–H groups in total. The zero-order valence-electron chi connectivity index (χ0n) is 18.6. The Morgan fingerprint density at radius 3 is 2.60 bits per heavy atom. The molecule has 0 aliphatic heterocycles. The standard InChI is InChI=1S/C24H23N5O5S/c30-23(25-12-13-28-35(33,34)22-3-1-2-21(15-22)29(31)32)9-6-17-4-7-18(8-5-17)20-14-19-10-11-26-24(19)27-16-20/h1-5,7-8,10-11,14-16,28H,6,9,12-13H2,(H,25,30)(H,26,27). The number of nitrogens with one attached hydrogen (secondary N) is 3. The minimum absolute atomic E-state index is 0.0367. The van der Waals surface area contributed by atoms with Crippen LogP contribution in [0.4, 0.5) is 5.69 Å². The maximum Gasteiger partial charge on any atom is 0.270 e. The van der Waals surface area contributed by atoms with Gasteiger partial charge in [-0.05, 0) is 35.7 Å². The van der Waals surface area contributed by atoms with Crippen LogP contribution in [-0.2, 0) is 21.2 Å². The Labute approximate surface area is 201 Å². The number of benzene rings is 2. The Hall–Kier alpha value is -4.09. The molecule has 0 spiro atoms. The minimum Gasteiger partial charge on any atom is -0.355 e. The van der Waals surface area contributed by atoms with Crippen LogP contribution in [-0.4, -0.2) is 42.3 Å². The first kappa shape index (κ1) is 24.0. The molecule has 2 aromatic carbocycles. The molecule has 2 aromatic heterocycles. The zero-order chi connectivity index (χ0) is 24.8. The SMILES string of the molecule is O=C(CCc1ccc(-c2cnc3[nH]ccc3c2)cc1)NCCNS(=O)(=O)c1cccc([N+](=O)[O-])c1. The molecular weight excluding hydrogens is 470 g/mol. The van der Waals surface area contributed by atoms with Gasteiger partial charge in [0.2, 0.25) is 15.9 Å². The molecule has 0 bridgehead atoms. The van der Waals surface area contributed by atoms with Crippen LogP contribution in [0.3, 0.4) is 0 Å². The molecule has 0 unspecified atom stereocenters. The number of amides is 1. The van der Waals surface area contributed by atoms with Gasteiger partial charge in [0.05, 0.1) is 9.82 Å². The van der Waals surface area contributed by atoms with Crippen molar-refractivity contribution < 1.29 is 18.1 Å². The number of pyridine rings is 1. The number of sulfonamides is 1. The summed E-state index contributed by atoms with van der Waals surface area (Å²) in [6.45, 7) is 0.0611. The number of fused-ring (bicyclic) bond motifs is 1. The number of non-ortho nitro benzene ring substituents is 1. The molecule has 4 aromatic rings. The van der Waals surface area contributed by atoms with E-state index in [0.717, 1.165) is 33.8 Å². The average Bonchev–Trinajstić information content (AvgIpc) is 3.34. The second-order valence-electron chi connectivity index (χ2n) is 7.84. The summed E-state index contributed by atoms with van der Waals surface area (Å²) in [5, 5.41) is 14.5. The summed E-state index contributed by atoms with van der Waals surface area (Å²) in [5.41, 5.74) is 3.57. The minimum atomic E-state index is -3.92. The fraction of sp³-hybridized carbons (Fsp3) is 0.167. The van der Waals surface area contributed by atoms with E-state index in [2.05, 4.69) is 26.1 Å². The highest BCUT2D eigenvalue weighted by atomic mass is 32.2. The van der Waals surface area contributed by atoms with E-state index in [9.17, 15) is 23.3 Å². The van der Waals surface area contributed by atoms with Crippen LogP contribution in [0.1, 0.15) is 12.0 Å². The van der Waals surface area contributed by atoms with Crippen LogP contribution in [0.25, 0.3) is 22.2 Å². The van der Waals surface area contributed by atoms with Gasteiger partial charge in [0.15, 0.2) is 0 Å². The lowest BCUT2D eigenvalue weighted by atomic mass is 10.0. The maximum atomic E-state index is 12.3. The van der Waals surface area contributed by atoms with Crippen molar-refractivity contribution in [3.8, 4) is 11.1 Å². The molecule has 0 radical (unpaired) electrons. The number of nitro benzene ring substituents is 1. The largest absolute Gasteiger partial charge is 0.355 e. The van der Waals surface area contributed by atoms with Gasteiger partial charge in [-0.2, -0.15) is 0 Å². The third-order valence-electron chi connectivity index (χ3n) is 5.41. The number of carbonyl (C=O) groups is 1. The first-order valence-corrected chi connectivity index (χ1v) is 12.3. The predicted octanol–water partition coefficient (Wildman–Crippen LogP) is 3.17. The van der Waals surface area contributed by atoms with E-state index in [1.807, 2.05) is 42.7 Å². The molecule has 1 amide bonds. The van der Waals surface area contributed by atoms with Crippen molar-refractivity contribution in [2.45, 2.75) is 17.7 Å². The van der Waals surface area contributed by atoms with E-state index in [0.29, 0.717) is 6.42 Å². The third-order valence-corrected chi connectivity index (χ3v) is 6.86. The van der Waals surface area contributed by atoms with E-state index in [-0.39, 0.29) is 36.0 Å². The van der Waals surface area contributed by atoms with Gasteiger partial charge in [0, 0.05) is 55.0 Å². The molecule has 4 rings (SSSR count). The van der Waals surface area contributed by atoms with Crippen LogP contribution in [0.5, 0.6) is 0 Å². The number of nitro groups is 1. The Morgan fingerprint density at radius 1 is 1.03 bits per heavy atom. The van der Waals surface area contributed by atoms with Crippen molar-refractivity contribution in [2.24, 2.45) is 0 Å². The van der Waals surface area contributed by atoms with Crippen molar-refractivity contribution in [2.75, 3.05) is 13.1 Å². The second kappa shape index (κ2) is 10.5. The van der Waals surface area contributed by atoms with Gasteiger partial charge in [-0.3, -0.25) is 14.9 Å². The summed E-state index contributed by atoms with van der Waals surface area (Å²) >= 11 is 0. The molecule has 0 aliphatic rings. The summed E-state index contributed by atoms with van der Waals surface area (Å²) in [6.07, 6.45) is 4.46. The van der Waals surface area contributed by atoms with Gasteiger partial charge in [-0.1, -0.05) is 30.3 Å². The number of aryl methyl sites for hydroxylation is 1. The van der Waals surface area contributed by atoms with Gasteiger partial charge < -0.3 is 10.3 Å². The molecule has 10 nitrogen and oxygen atoms in total. The number of nitrogens with zero attached hydrogens (tertiary/aromatic N) is 2. The molecule has 11 heteroatoms. The van der Waals surface area contributed by atoms with Crippen LogP contribution >= 0.6 is 0 Å². The molecular formula is C24H23N5O5S. The highest BCUT2D eigenvalue weighted by Crippen LogP contribution is 2.23.